The monoisotopic (exact) mass is 552 g/mol. The van der Waals surface area contributed by atoms with E-state index in [9.17, 15) is 4.79 Å². The number of amides is 1. The lowest BCUT2D eigenvalue weighted by atomic mass is 10.0. The van der Waals surface area contributed by atoms with Gasteiger partial charge in [0.1, 0.15) is 28.5 Å². The molecule has 3 aliphatic rings. The topological polar surface area (TPSA) is 83.5 Å². The number of piperidine rings is 1. The predicted molar refractivity (Wildman–Crippen MR) is 157 cm³/mol. The number of likely N-dealkylation sites (tertiary alicyclic amines) is 1. The van der Waals surface area contributed by atoms with Crippen LogP contribution in [0, 0.1) is 25.7 Å². The lowest BCUT2D eigenvalue weighted by Gasteiger charge is -2.26. The molecular weight excluding hydrogens is 520 g/mol. The van der Waals surface area contributed by atoms with Crippen molar-refractivity contribution < 1.29 is 9.53 Å². The third-order valence-corrected chi connectivity index (χ3v) is 9.30. The Balaban J connectivity index is 1.04. The molecule has 2 aliphatic heterocycles. The number of ether oxygens (including phenoxy) is 1. The van der Waals surface area contributed by atoms with Crippen LogP contribution >= 0.6 is 11.3 Å². The highest BCUT2D eigenvalue weighted by molar-refractivity contribution is 7.19. The molecule has 2 fully saturated rings. The van der Waals surface area contributed by atoms with Crippen molar-refractivity contribution in [2.75, 3.05) is 31.5 Å². The third-order valence-electron chi connectivity index (χ3n) is 8.18. The average Bonchev–Trinajstić information content (AvgIpc) is 3.38. The van der Waals surface area contributed by atoms with Gasteiger partial charge in [0.25, 0.3) is 0 Å². The van der Waals surface area contributed by atoms with Gasteiger partial charge in [-0.05, 0) is 80.0 Å². The number of aromatic nitrogens is 3. The van der Waals surface area contributed by atoms with Crippen molar-refractivity contribution in [2.24, 2.45) is 11.8 Å². The van der Waals surface area contributed by atoms with E-state index in [2.05, 4.69) is 31.2 Å². The highest BCUT2D eigenvalue weighted by atomic mass is 32.1. The zero-order valence-electron chi connectivity index (χ0n) is 22.8. The number of hydrogen-bond acceptors (Lipinski definition) is 8. The predicted octanol–water partition coefficient (Wildman–Crippen LogP) is 5.63. The Labute approximate surface area is 237 Å². The first kappa shape index (κ1) is 25.2. The van der Waals surface area contributed by atoms with Crippen molar-refractivity contribution in [1.29, 1.82) is 0 Å². The maximum Gasteiger partial charge on any atom is 0.246 e. The van der Waals surface area contributed by atoms with E-state index in [1.165, 1.54) is 30.0 Å². The summed E-state index contributed by atoms with van der Waals surface area (Å²) in [5.74, 6) is 4.21. The largest absolute Gasteiger partial charge is 0.455 e. The standard InChI is InChI=1S/C31H32N6O2S/c1-19-12-23(6-8-26(19)39-24-7-5-20(2)32-14-24)35-30-29-25-9-11-37(17-27(25)40-31(29)34-18-33-30)28(38)4-3-10-36-15-21-13-22(21)16-36/h3-8,12,14,18,21-22H,9-11,13,15-17H2,1-2H3,(H,33,34,35)/b4-3+. The van der Waals surface area contributed by atoms with Crippen molar-refractivity contribution in [3.63, 3.8) is 0 Å². The highest BCUT2D eigenvalue weighted by Gasteiger charge is 2.44. The van der Waals surface area contributed by atoms with Crippen molar-refractivity contribution in [1.82, 2.24) is 24.8 Å². The Morgan fingerprint density at radius 3 is 2.83 bits per heavy atom. The van der Waals surface area contributed by atoms with Gasteiger partial charge in [-0.1, -0.05) is 6.08 Å². The fourth-order valence-electron chi connectivity index (χ4n) is 5.88. The van der Waals surface area contributed by atoms with Crippen LogP contribution in [0.25, 0.3) is 10.2 Å². The second-order valence-electron chi connectivity index (χ2n) is 11.1. The summed E-state index contributed by atoms with van der Waals surface area (Å²) in [5.41, 5.74) is 4.14. The normalized spacial score (nSPS) is 20.1. The molecule has 4 aromatic rings. The van der Waals surface area contributed by atoms with Gasteiger partial charge in [0.2, 0.25) is 5.91 Å². The van der Waals surface area contributed by atoms with Gasteiger partial charge in [-0.2, -0.15) is 0 Å². The average molecular weight is 553 g/mol. The molecule has 5 heterocycles. The van der Waals surface area contributed by atoms with Crippen molar-refractivity contribution in [3.05, 3.63) is 76.7 Å². The number of nitrogens with one attached hydrogen (secondary N) is 1. The Bertz CT molecular complexity index is 1600. The maximum atomic E-state index is 12.9. The minimum atomic E-state index is 0.0936. The zero-order valence-corrected chi connectivity index (χ0v) is 23.6. The van der Waals surface area contributed by atoms with E-state index in [4.69, 9.17) is 4.74 Å². The van der Waals surface area contributed by atoms with Crippen LogP contribution in [-0.2, 0) is 17.8 Å². The fraction of sp³-hybridized carbons (Fsp3) is 0.355. The molecule has 1 aromatic carbocycles. The van der Waals surface area contributed by atoms with Crippen LogP contribution < -0.4 is 10.1 Å². The van der Waals surface area contributed by atoms with Gasteiger partial charge in [0.05, 0.1) is 18.1 Å². The summed E-state index contributed by atoms with van der Waals surface area (Å²) >= 11 is 1.66. The van der Waals surface area contributed by atoms with E-state index in [0.717, 1.165) is 63.5 Å². The number of pyridine rings is 1. The number of nitrogens with zero attached hydrogens (tertiary/aromatic N) is 5. The number of rotatable bonds is 7. The first-order chi connectivity index (χ1) is 19.5. The van der Waals surface area contributed by atoms with Crippen LogP contribution in [0.2, 0.25) is 0 Å². The summed E-state index contributed by atoms with van der Waals surface area (Å²) in [6.07, 6.45) is 9.34. The van der Waals surface area contributed by atoms with Gasteiger partial charge < -0.3 is 15.0 Å². The lowest BCUT2D eigenvalue weighted by molar-refractivity contribution is -0.126. The van der Waals surface area contributed by atoms with Gasteiger partial charge >= 0.3 is 0 Å². The second kappa shape index (κ2) is 10.3. The summed E-state index contributed by atoms with van der Waals surface area (Å²) < 4.78 is 6.03. The summed E-state index contributed by atoms with van der Waals surface area (Å²) in [7, 11) is 0. The van der Waals surface area contributed by atoms with Crippen LogP contribution in [0.15, 0.2) is 55.0 Å². The van der Waals surface area contributed by atoms with Gasteiger partial charge in [-0.25, -0.2) is 9.97 Å². The fourth-order valence-corrected chi connectivity index (χ4v) is 7.09. The van der Waals surface area contributed by atoms with E-state index < -0.39 is 0 Å². The number of carbonyl (C=O) groups is 1. The quantitative estimate of drug-likeness (QED) is 0.298. The van der Waals surface area contributed by atoms with Crippen molar-refractivity contribution in [3.8, 4) is 11.5 Å². The van der Waals surface area contributed by atoms with Crippen LogP contribution in [-0.4, -0.2) is 56.8 Å². The molecule has 9 heteroatoms. The molecule has 7 rings (SSSR count). The van der Waals surface area contributed by atoms with Crippen LogP contribution in [0.4, 0.5) is 11.5 Å². The number of fused-ring (bicyclic) bond motifs is 4. The van der Waals surface area contributed by atoms with Crippen LogP contribution in [0.5, 0.6) is 11.5 Å². The highest BCUT2D eigenvalue weighted by Crippen LogP contribution is 2.44. The molecule has 1 amide bonds. The molecule has 0 bridgehead atoms. The summed E-state index contributed by atoms with van der Waals surface area (Å²) in [6.45, 7) is 8.56. The maximum absolute atomic E-state index is 12.9. The van der Waals surface area contributed by atoms with Gasteiger partial charge in [-0.3, -0.25) is 14.7 Å². The molecular formula is C31H32N6O2S. The Morgan fingerprint density at radius 2 is 2.02 bits per heavy atom. The van der Waals surface area contributed by atoms with Crippen molar-refractivity contribution >= 4 is 39.0 Å². The smallest absolute Gasteiger partial charge is 0.246 e. The molecule has 3 aromatic heterocycles. The van der Waals surface area contributed by atoms with E-state index in [-0.39, 0.29) is 5.91 Å². The van der Waals surface area contributed by atoms with E-state index >= 15 is 0 Å². The summed E-state index contributed by atoms with van der Waals surface area (Å²) in [6, 6.07) is 9.87. The number of aryl methyl sites for hydroxylation is 2. The van der Waals surface area contributed by atoms with Crippen LogP contribution in [0.3, 0.4) is 0 Å². The second-order valence-corrected chi connectivity index (χ2v) is 12.2. The molecule has 0 spiro atoms. The molecule has 1 aliphatic carbocycles. The molecule has 40 heavy (non-hydrogen) atoms. The number of anilines is 2. The van der Waals surface area contributed by atoms with E-state index in [1.807, 2.05) is 49.1 Å². The van der Waals surface area contributed by atoms with E-state index in [1.54, 1.807) is 29.9 Å². The summed E-state index contributed by atoms with van der Waals surface area (Å²) in [4.78, 5) is 33.0. The molecule has 1 N–H and O–H groups in total. The SMILES string of the molecule is Cc1ccc(Oc2ccc(Nc3ncnc4sc5c(c34)CCN(C(=O)/C=C/CN3CC4CC4C3)C5)cc2C)cn1. The number of thiophene rings is 1. The lowest BCUT2D eigenvalue weighted by Crippen LogP contribution is -2.34. The molecule has 1 saturated heterocycles. The van der Waals surface area contributed by atoms with Gasteiger partial charge in [0.15, 0.2) is 0 Å². The minimum absolute atomic E-state index is 0.0936. The minimum Gasteiger partial charge on any atom is -0.455 e. The first-order valence-electron chi connectivity index (χ1n) is 13.9. The molecule has 204 valence electrons. The molecule has 2 atom stereocenters. The Hall–Kier alpha value is -3.82. The molecule has 8 nitrogen and oxygen atoms in total. The van der Waals surface area contributed by atoms with Gasteiger partial charge in [0, 0.05) is 48.5 Å². The number of carbonyl (C=O) groups excluding carboxylic acids is 1. The number of benzene rings is 1. The molecule has 0 radical (unpaired) electrons. The number of hydrogen-bond donors (Lipinski definition) is 1. The third kappa shape index (κ3) is 5.07. The van der Waals surface area contributed by atoms with Gasteiger partial charge in [-0.15, -0.1) is 11.3 Å². The van der Waals surface area contributed by atoms with Crippen LogP contribution in [0.1, 0.15) is 28.1 Å². The van der Waals surface area contributed by atoms with E-state index in [0.29, 0.717) is 18.8 Å². The zero-order chi connectivity index (χ0) is 27.2. The summed E-state index contributed by atoms with van der Waals surface area (Å²) in [5, 5.41) is 4.57. The molecule has 2 unspecified atom stereocenters. The Morgan fingerprint density at radius 1 is 1.15 bits per heavy atom. The Kier molecular flexibility index (Phi) is 6.48. The first-order valence-corrected chi connectivity index (χ1v) is 14.7. The molecule has 1 saturated carbocycles. The van der Waals surface area contributed by atoms with Crippen molar-refractivity contribution in [2.45, 2.75) is 33.2 Å².